The van der Waals surface area contributed by atoms with Gasteiger partial charge in [0.2, 0.25) is 5.91 Å². The van der Waals surface area contributed by atoms with Crippen molar-refractivity contribution in [3.8, 4) is 0 Å². The largest absolute Gasteiger partial charge is 0.480 e. The molecule has 1 saturated heterocycles. The average molecular weight is 257 g/mol. The van der Waals surface area contributed by atoms with Crippen LogP contribution in [0.4, 0.5) is 4.79 Å². The number of carboxylic acids is 1. The lowest BCUT2D eigenvalue weighted by Crippen LogP contribution is -2.55. The van der Waals surface area contributed by atoms with E-state index in [0.717, 1.165) is 17.7 Å². The molecule has 2 N–H and O–H groups in total. The molecule has 0 bridgehead atoms. The minimum Gasteiger partial charge on any atom is -0.480 e. The maximum absolute atomic E-state index is 12.1. The number of carboxylic acid groups (broad SMARTS) is 1. The third-order valence-electron chi connectivity index (χ3n) is 3.00. The molecular formula is C11H19N3O4. The number of likely N-dealkylation sites (N-methyl/N-ethyl adjacent to an activating group) is 2. The maximum atomic E-state index is 12.1. The first kappa shape index (κ1) is 14.3. The van der Waals surface area contributed by atoms with Gasteiger partial charge < -0.3 is 20.2 Å². The van der Waals surface area contributed by atoms with Gasteiger partial charge in [0.05, 0.1) is 0 Å². The summed E-state index contributed by atoms with van der Waals surface area (Å²) in [5.74, 6) is -1.27. The van der Waals surface area contributed by atoms with Crippen molar-refractivity contribution in [2.45, 2.75) is 25.3 Å². The van der Waals surface area contributed by atoms with Gasteiger partial charge in [0.15, 0.2) is 0 Å². The lowest BCUT2D eigenvalue weighted by atomic mass is 10.0. The molecule has 7 nitrogen and oxygen atoms in total. The van der Waals surface area contributed by atoms with Crippen molar-refractivity contribution >= 4 is 17.9 Å². The predicted octanol–water partition coefficient (Wildman–Crippen LogP) is -0.277. The number of rotatable bonds is 3. The molecule has 0 saturated carbocycles. The molecular weight excluding hydrogens is 238 g/mol. The number of piperidine rings is 1. The quantitative estimate of drug-likeness (QED) is 0.728. The molecule has 0 aromatic carbocycles. The van der Waals surface area contributed by atoms with Crippen LogP contribution in [0.1, 0.15) is 19.3 Å². The van der Waals surface area contributed by atoms with Crippen LogP contribution < -0.4 is 5.32 Å². The van der Waals surface area contributed by atoms with Crippen molar-refractivity contribution in [3.63, 3.8) is 0 Å². The van der Waals surface area contributed by atoms with Crippen molar-refractivity contribution in [2.75, 3.05) is 27.2 Å². The number of aliphatic carboxylic acids is 1. The fourth-order valence-corrected chi connectivity index (χ4v) is 2.09. The maximum Gasteiger partial charge on any atom is 0.323 e. The minimum absolute atomic E-state index is 0.202. The second-order valence-electron chi connectivity index (χ2n) is 4.35. The number of carbonyl (C=O) groups excluding carboxylic acids is 2. The standard InChI is InChI=1S/C11H19N3O4/c1-12-10(17)8-5-3-4-6-14(8)11(18)13(2)7-9(15)16/h8H,3-7H2,1-2H3,(H,12,17)(H,15,16). The molecule has 1 aliphatic rings. The molecule has 1 fully saturated rings. The van der Waals surface area contributed by atoms with E-state index in [1.165, 1.54) is 19.0 Å². The van der Waals surface area contributed by atoms with Crippen LogP contribution in [0.15, 0.2) is 0 Å². The van der Waals surface area contributed by atoms with E-state index in [1.54, 1.807) is 0 Å². The molecule has 1 atom stereocenters. The van der Waals surface area contributed by atoms with Gasteiger partial charge in [0, 0.05) is 20.6 Å². The summed E-state index contributed by atoms with van der Waals surface area (Å²) in [5.41, 5.74) is 0. The normalized spacial score (nSPS) is 19.2. The van der Waals surface area contributed by atoms with Gasteiger partial charge in [-0.25, -0.2) is 4.79 Å². The zero-order valence-electron chi connectivity index (χ0n) is 10.7. The number of amides is 3. The second kappa shape index (κ2) is 6.23. The van der Waals surface area contributed by atoms with Gasteiger partial charge in [0.25, 0.3) is 0 Å². The van der Waals surface area contributed by atoms with Crippen molar-refractivity contribution in [3.05, 3.63) is 0 Å². The topological polar surface area (TPSA) is 90.0 Å². The Morgan fingerprint density at radius 3 is 2.61 bits per heavy atom. The molecule has 1 unspecified atom stereocenters. The number of likely N-dealkylation sites (tertiary alicyclic amines) is 1. The minimum atomic E-state index is -1.07. The molecule has 0 radical (unpaired) electrons. The molecule has 1 rings (SSSR count). The molecule has 0 aromatic heterocycles. The first-order valence-electron chi connectivity index (χ1n) is 5.92. The summed E-state index contributed by atoms with van der Waals surface area (Å²) in [5, 5.41) is 11.2. The number of nitrogens with zero attached hydrogens (tertiary/aromatic N) is 2. The molecule has 3 amide bonds. The first-order valence-corrected chi connectivity index (χ1v) is 5.92. The Morgan fingerprint density at radius 2 is 2.06 bits per heavy atom. The summed E-state index contributed by atoms with van der Waals surface area (Å²) in [4.78, 5) is 36.9. The Bertz CT molecular complexity index is 345. The van der Waals surface area contributed by atoms with E-state index in [0.29, 0.717) is 13.0 Å². The zero-order chi connectivity index (χ0) is 13.7. The molecule has 1 aliphatic heterocycles. The lowest BCUT2D eigenvalue weighted by Gasteiger charge is -2.36. The van der Waals surface area contributed by atoms with Gasteiger partial charge in [-0.05, 0) is 19.3 Å². The van der Waals surface area contributed by atoms with Crippen LogP contribution in [0.5, 0.6) is 0 Å². The highest BCUT2D eigenvalue weighted by Gasteiger charge is 2.33. The van der Waals surface area contributed by atoms with Crippen molar-refractivity contribution in [1.29, 1.82) is 0 Å². The van der Waals surface area contributed by atoms with Crippen LogP contribution in [0.2, 0.25) is 0 Å². The van der Waals surface area contributed by atoms with Crippen LogP contribution in [0.25, 0.3) is 0 Å². The fraction of sp³-hybridized carbons (Fsp3) is 0.727. The predicted molar refractivity (Wildman–Crippen MR) is 64.1 cm³/mol. The van der Waals surface area contributed by atoms with E-state index in [9.17, 15) is 14.4 Å². The van der Waals surface area contributed by atoms with Crippen molar-refractivity contribution < 1.29 is 19.5 Å². The monoisotopic (exact) mass is 257 g/mol. The smallest absolute Gasteiger partial charge is 0.323 e. The Kier molecular flexibility index (Phi) is 4.94. The highest BCUT2D eigenvalue weighted by molar-refractivity contribution is 5.88. The second-order valence-corrected chi connectivity index (χ2v) is 4.35. The third kappa shape index (κ3) is 3.35. The molecule has 1 heterocycles. The Morgan fingerprint density at radius 1 is 1.39 bits per heavy atom. The molecule has 0 spiro atoms. The van der Waals surface area contributed by atoms with Gasteiger partial charge >= 0.3 is 12.0 Å². The highest BCUT2D eigenvalue weighted by atomic mass is 16.4. The number of nitrogens with one attached hydrogen (secondary N) is 1. The SMILES string of the molecule is CNC(=O)C1CCCCN1C(=O)N(C)CC(=O)O. The summed E-state index contributed by atoms with van der Waals surface area (Å²) >= 11 is 0. The van der Waals surface area contributed by atoms with Crippen LogP contribution in [0.3, 0.4) is 0 Å². The van der Waals surface area contributed by atoms with Crippen molar-refractivity contribution in [1.82, 2.24) is 15.1 Å². The highest BCUT2D eigenvalue weighted by Crippen LogP contribution is 2.18. The zero-order valence-corrected chi connectivity index (χ0v) is 10.7. The number of hydrogen-bond acceptors (Lipinski definition) is 3. The third-order valence-corrected chi connectivity index (χ3v) is 3.00. The number of carbonyl (C=O) groups is 3. The van der Waals surface area contributed by atoms with Crippen molar-refractivity contribution in [2.24, 2.45) is 0 Å². The number of hydrogen-bond donors (Lipinski definition) is 2. The van der Waals surface area contributed by atoms with E-state index < -0.39 is 18.0 Å². The van der Waals surface area contributed by atoms with E-state index >= 15 is 0 Å². The van der Waals surface area contributed by atoms with Crippen LogP contribution in [0, 0.1) is 0 Å². The van der Waals surface area contributed by atoms with Gasteiger partial charge in [-0.2, -0.15) is 0 Å². The molecule has 102 valence electrons. The summed E-state index contributed by atoms with van der Waals surface area (Å²) in [7, 11) is 2.95. The fourth-order valence-electron chi connectivity index (χ4n) is 2.09. The van der Waals surface area contributed by atoms with Gasteiger partial charge in [-0.1, -0.05) is 0 Å². The van der Waals surface area contributed by atoms with Crippen LogP contribution in [-0.2, 0) is 9.59 Å². The van der Waals surface area contributed by atoms with Gasteiger partial charge in [0.1, 0.15) is 12.6 Å². The summed E-state index contributed by atoms with van der Waals surface area (Å²) in [6.07, 6.45) is 2.34. The lowest BCUT2D eigenvalue weighted by molar-refractivity contribution is -0.137. The summed E-state index contributed by atoms with van der Waals surface area (Å²) in [6, 6.07) is -0.904. The van der Waals surface area contributed by atoms with E-state index in [1.807, 2.05) is 0 Å². The van der Waals surface area contributed by atoms with E-state index in [-0.39, 0.29) is 12.5 Å². The first-order chi connectivity index (χ1) is 8.47. The molecule has 18 heavy (non-hydrogen) atoms. The van der Waals surface area contributed by atoms with Gasteiger partial charge in [-0.15, -0.1) is 0 Å². The Labute approximate surface area is 106 Å². The Balaban J connectivity index is 2.73. The average Bonchev–Trinajstić information content (AvgIpc) is 2.36. The van der Waals surface area contributed by atoms with Crippen LogP contribution >= 0.6 is 0 Å². The number of urea groups is 1. The Hall–Kier alpha value is -1.79. The van der Waals surface area contributed by atoms with Crippen LogP contribution in [-0.4, -0.2) is 66.0 Å². The van der Waals surface area contributed by atoms with Gasteiger partial charge in [-0.3, -0.25) is 9.59 Å². The van der Waals surface area contributed by atoms with E-state index in [4.69, 9.17) is 5.11 Å². The molecule has 7 heteroatoms. The molecule has 0 aliphatic carbocycles. The summed E-state index contributed by atoms with van der Waals surface area (Å²) in [6.45, 7) is 0.122. The van der Waals surface area contributed by atoms with E-state index in [2.05, 4.69) is 5.32 Å². The summed E-state index contributed by atoms with van der Waals surface area (Å²) < 4.78 is 0. The molecule has 0 aromatic rings.